The lowest BCUT2D eigenvalue weighted by molar-refractivity contribution is -0.121. The van der Waals surface area contributed by atoms with Crippen molar-refractivity contribution in [2.75, 3.05) is 26.7 Å². The molecule has 2 N–H and O–H groups in total. The molecule has 1 unspecified atom stereocenters. The van der Waals surface area contributed by atoms with Gasteiger partial charge in [-0.2, -0.15) is 0 Å². The lowest BCUT2D eigenvalue weighted by atomic mass is 10.0. The number of carbonyl (C=O) groups is 2. The summed E-state index contributed by atoms with van der Waals surface area (Å²) in [6.45, 7) is 5.63. The molecule has 8 nitrogen and oxygen atoms in total. The molecule has 1 atom stereocenters. The van der Waals surface area contributed by atoms with Gasteiger partial charge in [-0.15, -0.1) is 5.10 Å². The van der Waals surface area contributed by atoms with Crippen LogP contribution in [0.1, 0.15) is 54.4 Å². The van der Waals surface area contributed by atoms with E-state index in [9.17, 15) is 14.7 Å². The van der Waals surface area contributed by atoms with Crippen LogP contribution in [0.25, 0.3) is 11.3 Å². The fraction of sp³-hybridized carbons (Fsp3) is 0.565. The average molecular weight is 428 g/mol. The van der Waals surface area contributed by atoms with E-state index in [0.29, 0.717) is 30.1 Å². The quantitative estimate of drug-likeness (QED) is 0.535. The number of amides is 1. The van der Waals surface area contributed by atoms with Gasteiger partial charge in [0.25, 0.3) is 0 Å². The summed E-state index contributed by atoms with van der Waals surface area (Å²) < 4.78 is 1.74. The topological polar surface area (TPSA) is 100 Å². The average Bonchev–Trinajstić information content (AvgIpc) is 3.36. The Bertz CT molecular complexity index is 895. The predicted molar refractivity (Wildman–Crippen MR) is 119 cm³/mol. The number of benzene rings is 1. The van der Waals surface area contributed by atoms with Gasteiger partial charge in [0.05, 0.1) is 11.8 Å². The first-order chi connectivity index (χ1) is 14.9. The number of aromatic nitrogens is 3. The highest BCUT2D eigenvalue weighted by molar-refractivity contribution is 5.95. The fourth-order valence-electron chi connectivity index (χ4n) is 4.09. The van der Waals surface area contributed by atoms with Crippen LogP contribution in [0, 0.1) is 12.8 Å². The van der Waals surface area contributed by atoms with Crippen molar-refractivity contribution in [1.29, 1.82) is 0 Å². The molecule has 2 heterocycles. The number of nitrogens with zero attached hydrogens (tertiary/aromatic N) is 4. The number of hydrogen-bond acceptors (Lipinski definition) is 5. The van der Waals surface area contributed by atoms with Crippen LogP contribution < -0.4 is 5.32 Å². The molecule has 1 saturated heterocycles. The lowest BCUT2D eigenvalue weighted by Gasteiger charge is -2.11. The monoisotopic (exact) mass is 427 g/mol. The third kappa shape index (κ3) is 6.89. The molecule has 0 spiro atoms. The van der Waals surface area contributed by atoms with Crippen molar-refractivity contribution < 1.29 is 14.7 Å². The Morgan fingerprint density at radius 1 is 1.26 bits per heavy atom. The third-order valence-corrected chi connectivity index (χ3v) is 5.87. The number of carbonyl (C=O) groups excluding carboxylic acids is 1. The molecule has 1 fully saturated rings. The number of aryl methyl sites for hydroxylation is 2. The van der Waals surface area contributed by atoms with Gasteiger partial charge in [-0.3, -0.25) is 9.48 Å². The highest BCUT2D eigenvalue weighted by atomic mass is 16.4. The first kappa shape index (κ1) is 22.9. The molecule has 168 valence electrons. The highest BCUT2D eigenvalue weighted by Gasteiger charge is 2.19. The smallest absolute Gasteiger partial charge is 0.336 e. The third-order valence-electron chi connectivity index (χ3n) is 5.87. The number of unbranched alkanes of at least 4 members (excludes halogenated alkanes) is 2. The Morgan fingerprint density at radius 3 is 2.84 bits per heavy atom. The van der Waals surface area contributed by atoms with E-state index in [4.69, 9.17) is 0 Å². The van der Waals surface area contributed by atoms with E-state index in [-0.39, 0.29) is 11.5 Å². The second-order valence-electron chi connectivity index (χ2n) is 8.59. The standard InChI is InChI=1S/C23H33N5O3/c1-17-7-8-19(20(14-17)23(30)31)21-16-28(26-25-21)12-5-3-4-6-22(29)24-11-9-18-10-13-27(2)15-18/h7-8,14,16,18H,3-6,9-13,15H2,1-2H3,(H,24,29)(H,30,31). The zero-order valence-corrected chi connectivity index (χ0v) is 18.5. The SMILES string of the molecule is Cc1ccc(-c2cn(CCCCCC(=O)NCCC3CCN(C)C3)nn2)c(C(=O)O)c1. The van der Waals surface area contributed by atoms with Gasteiger partial charge in [0.15, 0.2) is 0 Å². The van der Waals surface area contributed by atoms with Crippen molar-refractivity contribution in [3.05, 3.63) is 35.5 Å². The van der Waals surface area contributed by atoms with Gasteiger partial charge in [0.1, 0.15) is 5.69 Å². The molecule has 1 aromatic carbocycles. The maximum atomic E-state index is 12.0. The van der Waals surface area contributed by atoms with Crippen molar-refractivity contribution in [3.8, 4) is 11.3 Å². The number of hydrogen-bond donors (Lipinski definition) is 2. The summed E-state index contributed by atoms with van der Waals surface area (Å²) in [7, 11) is 2.15. The lowest BCUT2D eigenvalue weighted by Crippen LogP contribution is -2.26. The van der Waals surface area contributed by atoms with Crippen LogP contribution in [0.2, 0.25) is 0 Å². The summed E-state index contributed by atoms with van der Waals surface area (Å²) in [5.74, 6) is -0.124. The van der Waals surface area contributed by atoms with Crippen molar-refractivity contribution >= 4 is 11.9 Å². The minimum Gasteiger partial charge on any atom is -0.478 e. The van der Waals surface area contributed by atoms with Crippen LogP contribution in [0.5, 0.6) is 0 Å². The number of nitrogens with one attached hydrogen (secondary N) is 1. The molecule has 0 radical (unpaired) electrons. The zero-order chi connectivity index (χ0) is 22.2. The minimum absolute atomic E-state index is 0.134. The Labute approximate surface area is 183 Å². The number of rotatable bonds is 11. The van der Waals surface area contributed by atoms with E-state index in [0.717, 1.165) is 50.9 Å². The molecular weight excluding hydrogens is 394 g/mol. The van der Waals surface area contributed by atoms with Crippen LogP contribution in [-0.4, -0.2) is 63.6 Å². The Morgan fingerprint density at radius 2 is 2.10 bits per heavy atom. The van der Waals surface area contributed by atoms with Gasteiger partial charge in [-0.1, -0.05) is 29.3 Å². The molecule has 0 saturated carbocycles. The second-order valence-corrected chi connectivity index (χ2v) is 8.59. The number of aromatic carboxylic acids is 1. The van der Waals surface area contributed by atoms with E-state index < -0.39 is 5.97 Å². The zero-order valence-electron chi connectivity index (χ0n) is 18.5. The summed E-state index contributed by atoms with van der Waals surface area (Å²) in [5, 5.41) is 20.7. The molecule has 1 aliphatic heterocycles. The van der Waals surface area contributed by atoms with Crippen molar-refractivity contribution in [2.24, 2.45) is 5.92 Å². The van der Waals surface area contributed by atoms with Gasteiger partial charge < -0.3 is 15.3 Å². The first-order valence-corrected chi connectivity index (χ1v) is 11.1. The molecule has 3 rings (SSSR count). The summed E-state index contributed by atoms with van der Waals surface area (Å²) in [5.41, 5.74) is 2.26. The molecule has 31 heavy (non-hydrogen) atoms. The Hall–Kier alpha value is -2.74. The highest BCUT2D eigenvalue weighted by Crippen LogP contribution is 2.23. The molecule has 0 bridgehead atoms. The van der Waals surface area contributed by atoms with E-state index in [1.54, 1.807) is 23.0 Å². The summed E-state index contributed by atoms with van der Waals surface area (Å²) >= 11 is 0. The van der Waals surface area contributed by atoms with Crippen molar-refractivity contribution in [2.45, 2.75) is 52.0 Å². The largest absolute Gasteiger partial charge is 0.478 e. The maximum Gasteiger partial charge on any atom is 0.336 e. The molecule has 1 aliphatic rings. The van der Waals surface area contributed by atoms with E-state index >= 15 is 0 Å². The molecule has 8 heteroatoms. The van der Waals surface area contributed by atoms with Gasteiger partial charge in [-0.05, 0) is 58.2 Å². The van der Waals surface area contributed by atoms with Crippen LogP contribution >= 0.6 is 0 Å². The van der Waals surface area contributed by atoms with Gasteiger partial charge in [0, 0.05) is 31.6 Å². The van der Waals surface area contributed by atoms with Crippen molar-refractivity contribution in [3.63, 3.8) is 0 Å². The Kier molecular flexibility index (Phi) is 8.17. The fourth-order valence-corrected chi connectivity index (χ4v) is 4.09. The van der Waals surface area contributed by atoms with Gasteiger partial charge in [-0.25, -0.2) is 4.79 Å². The summed E-state index contributed by atoms with van der Waals surface area (Å²) in [6, 6.07) is 5.29. The van der Waals surface area contributed by atoms with E-state index in [1.165, 1.54) is 6.42 Å². The van der Waals surface area contributed by atoms with E-state index in [2.05, 4.69) is 27.6 Å². The van der Waals surface area contributed by atoms with Crippen LogP contribution in [0.15, 0.2) is 24.4 Å². The molecule has 0 aliphatic carbocycles. The van der Waals surface area contributed by atoms with Gasteiger partial charge >= 0.3 is 5.97 Å². The second kappa shape index (κ2) is 11.0. The Balaban J connectivity index is 1.34. The number of carboxylic acid groups (broad SMARTS) is 1. The van der Waals surface area contributed by atoms with Crippen LogP contribution in [-0.2, 0) is 11.3 Å². The first-order valence-electron chi connectivity index (χ1n) is 11.1. The van der Waals surface area contributed by atoms with Crippen molar-refractivity contribution in [1.82, 2.24) is 25.2 Å². The number of likely N-dealkylation sites (tertiary alicyclic amines) is 1. The summed E-state index contributed by atoms with van der Waals surface area (Å²) in [4.78, 5) is 25.8. The molecular formula is C23H33N5O3. The summed E-state index contributed by atoms with van der Waals surface area (Å²) in [6.07, 6.45) is 7.31. The minimum atomic E-state index is -0.970. The molecule has 2 aromatic rings. The maximum absolute atomic E-state index is 12.0. The predicted octanol–water partition coefficient (Wildman–Crippen LogP) is 2.97. The van der Waals surface area contributed by atoms with Crippen LogP contribution in [0.3, 0.4) is 0 Å². The normalized spacial score (nSPS) is 16.5. The molecule has 1 amide bonds. The van der Waals surface area contributed by atoms with Gasteiger partial charge in [0.2, 0.25) is 5.91 Å². The number of carboxylic acids is 1. The molecule has 1 aromatic heterocycles. The van der Waals surface area contributed by atoms with E-state index in [1.807, 2.05) is 13.0 Å². The van der Waals surface area contributed by atoms with Crippen LogP contribution in [0.4, 0.5) is 0 Å².